The lowest BCUT2D eigenvalue weighted by molar-refractivity contribution is 0.575. The van der Waals surface area contributed by atoms with E-state index in [1.807, 2.05) is 36.5 Å². The summed E-state index contributed by atoms with van der Waals surface area (Å²) in [4.78, 5) is 3.70. The molecule has 21 heavy (non-hydrogen) atoms. The molecule has 0 spiro atoms. The highest BCUT2D eigenvalue weighted by Crippen LogP contribution is 2.17. The summed E-state index contributed by atoms with van der Waals surface area (Å²) in [5.74, 6) is -1.40. The Balaban J connectivity index is 1.83. The Morgan fingerprint density at radius 1 is 1.14 bits per heavy atom. The van der Waals surface area contributed by atoms with Gasteiger partial charge in [-0.1, -0.05) is 18.2 Å². The maximum atomic E-state index is 13.5. The Labute approximate surface area is 120 Å². The summed E-state index contributed by atoms with van der Waals surface area (Å²) in [6.07, 6.45) is 4.49. The number of benzene rings is 1. The lowest BCUT2D eigenvalue weighted by Gasteiger charge is -2.11. The fourth-order valence-corrected chi connectivity index (χ4v) is 2.02. The maximum Gasteiger partial charge on any atom is 0.168 e. The molecule has 0 unspecified atom stereocenters. The van der Waals surface area contributed by atoms with E-state index in [1.165, 1.54) is 0 Å². The highest BCUT2D eigenvalue weighted by molar-refractivity contribution is 5.44. The first-order valence-corrected chi connectivity index (χ1v) is 6.37. The third kappa shape index (κ3) is 2.89. The zero-order valence-corrected chi connectivity index (χ0v) is 11.0. The van der Waals surface area contributed by atoms with E-state index in [4.69, 9.17) is 0 Å². The van der Waals surface area contributed by atoms with E-state index in [0.29, 0.717) is 6.54 Å². The van der Waals surface area contributed by atoms with Crippen LogP contribution in [0.15, 0.2) is 55.0 Å². The van der Waals surface area contributed by atoms with Crippen molar-refractivity contribution < 1.29 is 8.78 Å². The molecule has 4 nitrogen and oxygen atoms in total. The van der Waals surface area contributed by atoms with Crippen LogP contribution in [0.3, 0.4) is 0 Å². The van der Waals surface area contributed by atoms with Crippen molar-refractivity contribution in [3.05, 3.63) is 72.2 Å². The molecular formula is C15H12F2N4. The summed E-state index contributed by atoms with van der Waals surface area (Å²) in [5, 5.41) is 7.05. The predicted octanol–water partition coefficient (Wildman–Crippen LogP) is 3.16. The third-order valence-electron chi connectivity index (χ3n) is 3.00. The van der Waals surface area contributed by atoms with Crippen molar-refractivity contribution >= 4 is 5.82 Å². The molecule has 0 radical (unpaired) electrons. The van der Waals surface area contributed by atoms with Crippen molar-refractivity contribution in [3.63, 3.8) is 0 Å². The van der Waals surface area contributed by atoms with Crippen LogP contribution in [0.4, 0.5) is 14.6 Å². The van der Waals surface area contributed by atoms with Crippen molar-refractivity contribution in [2.75, 3.05) is 5.32 Å². The maximum absolute atomic E-state index is 13.5. The molecule has 0 fully saturated rings. The normalized spacial score (nSPS) is 10.6. The number of rotatable bonds is 4. The van der Waals surface area contributed by atoms with Crippen molar-refractivity contribution in [1.29, 1.82) is 0 Å². The molecule has 3 rings (SSSR count). The average Bonchev–Trinajstić information content (AvgIpc) is 3.01. The average molecular weight is 286 g/mol. The summed E-state index contributed by atoms with van der Waals surface area (Å²) in [6.45, 7) is 0.353. The molecular weight excluding hydrogens is 274 g/mol. The summed E-state index contributed by atoms with van der Waals surface area (Å²) in [5.41, 5.74) is 1.81. The fraction of sp³-hybridized carbons (Fsp3) is 0.0667. The molecule has 0 bridgehead atoms. The zero-order chi connectivity index (χ0) is 14.7. The van der Waals surface area contributed by atoms with Gasteiger partial charge in [-0.2, -0.15) is 5.10 Å². The van der Waals surface area contributed by atoms with E-state index in [2.05, 4.69) is 15.4 Å². The second-order valence-corrected chi connectivity index (χ2v) is 4.42. The number of anilines is 1. The van der Waals surface area contributed by atoms with Gasteiger partial charge >= 0.3 is 0 Å². The topological polar surface area (TPSA) is 42.7 Å². The molecule has 106 valence electrons. The Morgan fingerprint density at radius 3 is 2.76 bits per heavy atom. The molecule has 3 aromatic rings. The van der Waals surface area contributed by atoms with Crippen LogP contribution < -0.4 is 5.32 Å². The van der Waals surface area contributed by atoms with E-state index in [0.717, 1.165) is 23.5 Å². The van der Waals surface area contributed by atoms with Gasteiger partial charge in [-0.15, -0.1) is 0 Å². The Hall–Kier alpha value is -2.76. The largest absolute Gasteiger partial charge is 0.363 e. The van der Waals surface area contributed by atoms with Crippen LogP contribution in [-0.2, 0) is 6.54 Å². The first-order valence-electron chi connectivity index (χ1n) is 6.37. The number of hydrogen-bond acceptors (Lipinski definition) is 3. The van der Waals surface area contributed by atoms with E-state index < -0.39 is 11.6 Å². The number of hydrogen-bond donors (Lipinski definition) is 1. The smallest absolute Gasteiger partial charge is 0.168 e. The van der Waals surface area contributed by atoms with Gasteiger partial charge < -0.3 is 5.32 Å². The van der Waals surface area contributed by atoms with Gasteiger partial charge in [0.05, 0.1) is 11.9 Å². The van der Waals surface area contributed by atoms with Gasteiger partial charge in [-0.05, 0) is 17.7 Å². The molecule has 1 aromatic carbocycles. The number of nitrogens with one attached hydrogen (secondary N) is 1. The van der Waals surface area contributed by atoms with Crippen LogP contribution in [0.25, 0.3) is 5.69 Å². The number of aromatic nitrogens is 3. The molecule has 0 saturated carbocycles. The predicted molar refractivity (Wildman–Crippen MR) is 75.0 cm³/mol. The molecule has 0 aliphatic rings. The van der Waals surface area contributed by atoms with E-state index in [1.54, 1.807) is 10.9 Å². The van der Waals surface area contributed by atoms with Crippen molar-refractivity contribution in [3.8, 4) is 5.69 Å². The molecule has 0 amide bonds. The third-order valence-corrected chi connectivity index (χ3v) is 3.00. The highest BCUT2D eigenvalue weighted by Gasteiger charge is 2.08. The van der Waals surface area contributed by atoms with Gasteiger partial charge in [0, 0.05) is 25.0 Å². The van der Waals surface area contributed by atoms with Gasteiger partial charge in [0.15, 0.2) is 11.6 Å². The Kier molecular flexibility index (Phi) is 3.59. The van der Waals surface area contributed by atoms with Gasteiger partial charge in [0.2, 0.25) is 0 Å². The first kappa shape index (κ1) is 13.2. The van der Waals surface area contributed by atoms with Crippen LogP contribution >= 0.6 is 0 Å². The fourth-order valence-electron chi connectivity index (χ4n) is 2.02. The van der Waals surface area contributed by atoms with Gasteiger partial charge in [0.25, 0.3) is 0 Å². The molecule has 0 aliphatic carbocycles. The van der Waals surface area contributed by atoms with Crippen molar-refractivity contribution in [1.82, 2.24) is 14.8 Å². The molecule has 1 N–H and O–H groups in total. The van der Waals surface area contributed by atoms with E-state index >= 15 is 0 Å². The standard InChI is InChI=1S/C15H12F2N4/c16-12-8-13(17)15(19-10-12)18-9-11-4-1-2-5-14(11)21-7-3-6-20-21/h1-8,10H,9H2,(H,18,19). The lowest BCUT2D eigenvalue weighted by atomic mass is 10.2. The van der Waals surface area contributed by atoms with Crippen molar-refractivity contribution in [2.24, 2.45) is 0 Å². The first-order chi connectivity index (χ1) is 10.2. The summed E-state index contributed by atoms with van der Waals surface area (Å²) >= 11 is 0. The van der Waals surface area contributed by atoms with Gasteiger partial charge in [0.1, 0.15) is 5.82 Å². The van der Waals surface area contributed by atoms with Crippen LogP contribution in [0.2, 0.25) is 0 Å². The molecule has 0 saturated heterocycles. The van der Waals surface area contributed by atoms with Crippen LogP contribution in [0.1, 0.15) is 5.56 Å². The van der Waals surface area contributed by atoms with Crippen LogP contribution in [0.5, 0.6) is 0 Å². The number of halogens is 2. The molecule has 0 atom stereocenters. The SMILES string of the molecule is Fc1cnc(NCc2ccccc2-n2cccn2)c(F)c1. The van der Waals surface area contributed by atoms with E-state index in [9.17, 15) is 8.78 Å². The molecule has 2 heterocycles. The monoisotopic (exact) mass is 286 g/mol. The van der Waals surface area contributed by atoms with Gasteiger partial charge in [-0.3, -0.25) is 0 Å². The Morgan fingerprint density at radius 2 is 2.00 bits per heavy atom. The van der Waals surface area contributed by atoms with Crippen LogP contribution in [-0.4, -0.2) is 14.8 Å². The summed E-state index contributed by atoms with van der Waals surface area (Å²) in [7, 11) is 0. The number of para-hydroxylation sites is 1. The minimum absolute atomic E-state index is 0.0201. The molecule has 0 aliphatic heterocycles. The highest BCUT2D eigenvalue weighted by atomic mass is 19.1. The molecule has 2 aromatic heterocycles. The number of pyridine rings is 1. The molecule has 6 heteroatoms. The second-order valence-electron chi connectivity index (χ2n) is 4.42. The Bertz CT molecular complexity index is 741. The summed E-state index contributed by atoms with van der Waals surface area (Å²) < 4.78 is 28.1. The van der Waals surface area contributed by atoms with Crippen molar-refractivity contribution in [2.45, 2.75) is 6.54 Å². The zero-order valence-electron chi connectivity index (χ0n) is 11.0. The van der Waals surface area contributed by atoms with Gasteiger partial charge in [-0.25, -0.2) is 18.4 Å². The number of nitrogens with zero attached hydrogens (tertiary/aromatic N) is 3. The quantitative estimate of drug-likeness (QED) is 0.801. The second kappa shape index (κ2) is 5.70. The summed E-state index contributed by atoms with van der Waals surface area (Å²) in [6, 6.07) is 10.2. The lowest BCUT2D eigenvalue weighted by Crippen LogP contribution is -2.07. The van der Waals surface area contributed by atoms with Crippen LogP contribution in [0, 0.1) is 11.6 Å². The minimum atomic E-state index is -0.716. The minimum Gasteiger partial charge on any atom is -0.363 e. The van der Waals surface area contributed by atoms with E-state index in [-0.39, 0.29) is 5.82 Å².